The maximum Gasteiger partial charge on any atom is 0.235 e. The van der Waals surface area contributed by atoms with Gasteiger partial charge in [0.25, 0.3) is 0 Å². The Labute approximate surface area is 135 Å². The monoisotopic (exact) mass is 327 g/mol. The van der Waals surface area contributed by atoms with E-state index in [0.717, 1.165) is 0 Å². The van der Waals surface area contributed by atoms with Gasteiger partial charge in [-0.1, -0.05) is 11.6 Å². The largest absolute Gasteiger partial charge is 0.492 e. The Morgan fingerprint density at radius 3 is 2.68 bits per heavy atom. The fraction of sp³-hybridized carbons (Fsp3) is 0.562. The molecule has 2 N–H and O–H groups in total. The van der Waals surface area contributed by atoms with E-state index in [0.29, 0.717) is 40.8 Å². The standard InChI is InChI=1S/C16H22ClNO4/c1-16(2,3)22-15(20)18-13-7-14(21-9-10-4-5-10)12(17)6-11(13)8-19/h6-8,10,15,18,20H,4-5,9H2,1-3H3. The lowest BCUT2D eigenvalue weighted by Crippen LogP contribution is -2.32. The molecule has 1 fully saturated rings. The van der Waals surface area contributed by atoms with Crippen molar-refractivity contribution < 1.29 is 19.4 Å². The Hall–Kier alpha value is -1.30. The highest BCUT2D eigenvalue weighted by Crippen LogP contribution is 2.34. The summed E-state index contributed by atoms with van der Waals surface area (Å²) < 4.78 is 11.0. The predicted octanol–water partition coefficient (Wildman–Crippen LogP) is 3.44. The molecule has 1 aliphatic rings. The Balaban J connectivity index is 2.12. The van der Waals surface area contributed by atoms with Crippen molar-refractivity contribution in [1.82, 2.24) is 0 Å². The zero-order valence-corrected chi connectivity index (χ0v) is 13.8. The highest BCUT2D eigenvalue weighted by atomic mass is 35.5. The van der Waals surface area contributed by atoms with Gasteiger partial charge in [-0.2, -0.15) is 0 Å². The van der Waals surface area contributed by atoms with Gasteiger partial charge < -0.3 is 19.9 Å². The first-order valence-electron chi connectivity index (χ1n) is 7.32. The zero-order chi connectivity index (χ0) is 16.3. The summed E-state index contributed by atoms with van der Waals surface area (Å²) in [7, 11) is 0. The van der Waals surface area contributed by atoms with Crippen LogP contribution in [0.25, 0.3) is 0 Å². The Bertz CT molecular complexity index is 538. The van der Waals surface area contributed by atoms with Crippen LogP contribution >= 0.6 is 11.6 Å². The van der Waals surface area contributed by atoms with Gasteiger partial charge in [-0.3, -0.25) is 4.79 Å². The van der Waals surface area contributed by atoms with Crippen molar-refractivity contribution in [3.63, 3.8) is 0 Å². The van der Waals surface area contributed by atoms with Crippen LogP contribution in [0.5, 0.6) is 5.75 Å². The maximum atomic E-state index is 11.2. The van der Waals surface area contributed by atoms with Crippen molar-refractivity contribution in [2.24, 2.45) is 5.92 Å². The van der Waals surface area contributed by atoms with Crippen LogP contribution in [0.15, 0.2) is 12.1 Å². The molecule has 1 aromatic rings. The molecule has 1 aliphatic carbocycles. The smallest absolute Gasteiger partial charge is 0.235 e. The fourth-order valence-electron chi connectivity index (χ4n) is 1.89. The number of carbonyl (C=O) groups is 1. The number of rotatable bonds is 7. The first kappa shape index (κ1) is 17.1. The van der Waals surface area contributed by atoms with Gasteiger partial charge in [0, 0.05) is 11.6 Å². The highest BCUT2D eigenvalue weighted by Gasteiger charge is 2.23. The summed E-state index contributed by atoms with van der Waals surface area (Å²) in [5, 5.41) is 13.1. The van der Waals surface area contributed by atoms with E-state index in [9.17, 15) is 9.90 Å². The van der Waals surface area contributed by atoms with E-state index in [4.69, 9.17) is 21.1 Å². The van der Waals surface area contributed by atoms with Crippen molar-refractivity contribution in [1.29, 1.82) is 0 Å². The van der Waals surface area contributed by atoms with Crippen LogP contribution in [0, 0.1) is 5.92 Å². The third kappa shape index (κ3) is 5.16. The molecule has 1 unspecified atom stereocenters. The first-order chi connectivity index (χ1) is 10.3. The molecule has 0 amide bonds. The van der Waals surface area contributed by atoms with E-state index >= 15 is 0 Å². The van der Waals surface area contributed by atoms with Crippen molar-refractivity contribution in [2.75, 3.05) is 11.9 Å². The topological polar surface area (TPSA) is 67.8 Å². The van der Waals surface area contributed by atoms with Gasteiger partial charge in [0.2, 0.25) is 6.41 Å². The number of ether oxygens (including phenoxy) is 2. The molecule has 5 nitrogen and oxygen atoms in total. The molecule has 122 valence electrons. The minimum absolute atomic E-state index is 0.334. The number of benzene rings is 1. The summed E-state index contributed by atoms with van der Waals surface area (Å²) >= 11 is 6.12. The number of hydrogen-bond donors (Lipinski definition) is 2. The van der Waals surface area contributed by atoms with E-state index in [1.807, 2.05) is 20.8 Å². The summed E-state index contributed by atoms with van der Waals surface area (Å²) in [6.45, 7) is 6.08. The molecule has 0 saturated heterocycles. The lowest BCUT2D eigenvalue weighted by Gasteiger charge is -2.25. The molecule has 1 atom stereocenters. The van der Waals surface area contributed by atoms with E-state index in [2.05, 4.69) is 5.32 Å². The number of aliphatic hydroxyl groups is 1. The summed E-state index contributed by atoms with van der Waals surface area (Å²) in [6, 6.07) is 3.13. The average Bonchev–Trinajstić information content (AvgIpc) is 3.20. The molecule has 0 aromatic heterocycles. The molecular formula is C16H22ClNO4. The van der Waals surface area contributed by atoms with Gasteiger partial charge in [-0.25, -0.2) is 0 Å². The van der Waals surface area contributed by atoms with Crippen molar-refractivity contribution >= 4 is 23.6 Å². The number of halogens is 1. The summed E-state index contributed by atoms with van der Waals surface area (Å²) in [5.74, 6) is 1.08. The normalized spacial score (nSPS) is 16.2. The summed E-state index contributed by atoms with van der Waals surface area (Å²) in [6.07, 6.45) is 1.78. The van der Waals surface area contributed by atoms with Gasteiger partial charge in [-0.15, -0.1) is 0 Å². The molecule has 0 spiro atoms. The zero-order valence-electron chi connectivity index (χ0n) is 13.1. The maximum absolute atomic E-state index is 11.2. The van der Waals surface area contributed by atoms with Crippen molar-refractivity contribution in [3.05, 3.63) is 22.7 Å². The molecule has 1 saturated carbocycles. The van der Waals surface area contributed by atoms with E-state index in [1.165, 1.54) is 18.9 Å². The minimum Gasteiger partial charge on any atom is -0.492 e. The quantitative estimate of drug-likeness (QED) is 0.593. The molecule has 0 radical (unpaired) electrons. The van der Waals surface area contributed by atoms with Crippen molar-refractivity contribution in [3.8, 4) is 5.75 Å². The molecule has 22 heavy (non-hydrogen) atoms. The number of anilines is 1. The third-order valence-corrected chi connectivity index (χ3v) is 3.44. The van der Waals surface area contributed by atoms with Gasteiger partial charge in [-0.05, 0) is 45.6 Å². The molecule has 1 aromatic carbocycles. The fourth-order valence-corrected chi connectivity index (χ4v) is 2.12. The number of aliphatic hydroxyl groups excluding tert-OH is 1. The van der Waals surface area contributed by atoms with Crippen LogP contribution in [0.4, 0.5) is 5.69 Å². The van der Waals surface area contributed by atoms with Crippen LogP contribution in [-0.2, 0) is 4.74 Å². The number of nitrogens with one attached hydrogen (secondary N) is 1. The Kier molecular flexibility index (Phi) is 5.32. The van der Waals surface area contributed by atoms with Crippen molar-refractivity contribution in [2.45, 2.75) is 45.6 Å². The Morgan fingerprint density at radius 1 is 1.45 bits per heavy atom. The van der Waals surface area contributed by atoms with Gasteiger partial charge in [0.15, 0.2) is 6.29 Å². The SMILES string of the molecule is CC(C)(C)OC(O)Nc1cc(OCC2CC2)c(Cl)cc1C=O. The predicted molar refractivity (Wildman–Crippen MR) is 85.5 cm³/mol. The second-order valence-corrected chi connectivity index (χ2v) is 6.88. The minimum atomic E-state index is -1.24. The molecule has 0 heterocycles. The summed E-state index contributed by atoms with van der Waals surface area (Å²) in [5.41, 5.74) is 0.230. The van der Waals surface area contributed by atoms with Crippen LogP contribution in [0.1, 0.15) is 44.0 Å². The van der Waals surface area contributed by atoms with Crippen LogP contribution < -0.4 is 10.1 Å². The highest BCUT2D eigenvalue weighted by molar-refractivity contribution is 6.32. The van der Waals surface area contributed by atoms with Crippen LogP contribution in [-0.4, -0.2) is 30.0 Å². The van der Waals surface area contributed by atoms with Gasteiger partial charge in [0.1, 0.15) is 5.75 Å². The number of hydrogen-bond acceptors (Lipinski definition) is 5. The van der Waals surface area contributed by atoms with Crippen LogP contribution in [0.2, 0.25) is 5.02 Å². The van der Waals surface area contributed by atoms with Crippen LogP contribution in [0.3, 0.4) is 0 Å². The van der Waals surface area contributed by atoms with E-state index < -0.39 is 12.0 Å². The second kappa shape index (κ2) is 6.86. The molecule has 2 rings (SSSR count). The lowest BCUT2D eigenvalue weighted by atomic mass is 10.2. The number of aldehydes is 1. The second-order valence-electron chi connectivity index (χ2n) is 6.47. The first-order valence-corrected chi connectivity index (χ1v) is 7.70. The molecule has 0 bridgehead atoms. The molecule has 0 aliphatic heterocycles. The summed E-state index contributed by atoms with van der Waals surface area (Å²) in [4.78, 5) is 11.2. The Morgan fingerprint density at radius 2 is 2.14 bits per heavy atom. The van der Waals surface area contributed by atoms with E-state index in [-0.39, 0.29) is 0 Å². The average molecular weight is 328 g/mol. The lowest BCUT2D eigenvalue weighted by molar-refractivity contribution is -0.148. The third-order valence-electron chi connectivity index (χ3n) is 3.15. The van der Waals surface area contributed by atoms with Gasteiger partial charge >= 0.3 is 0 Å². The molecular weight excluding hydrogens is 306 g/mol. The van der Waals surface area contributed by atoms with Gasteiger partial charge in [0.05, 0.1) is 22.9 Å². The number of carbonyl (C=O) groups excluding carboxylic acids is 1. The molecule has 6 heteroatoms. The van der Waals surface area contributed by atoms with E-state index in [1.54, 1.807) is 6.07 Å².